The van der Waals surface area contributed by atoms with Gasteiger partial charge in [0, 0.05) is 11.9 Å². The summed E-state index contributed by atoms with van der Waals surface area (Å²) >= 11 is 1.38. The third kappa shape index (κ3) is 4.17. The van der Waals surface area contributed by atoms with Gasteiger partial charge >= 0.3 is 6.09 Å². The van der Waals surface area contributed by atoms with E-state index in [2.05, 4.69) is 10.3 Å². The maximum atomic E-state index is 12.3. The Balaban J connectivity index is 1.94. The van der Waals surface area contributed by atoms with E-state index < -0.39 is 12.1 Å². The molecule has 116 valence electrons. The highest BCUT2D eigenvalue weighted by atomic mass is 32.1. The standard InChI is InChI=1S/C14H21N3O3S/c1-9(2)7-20-14(19)17-6-4-5-11(17)12(18)16-13-15-10(3)8-21-13/h8-9,11H,4-7H2,1-3H3,(H,15,16,18)/t11-/m1/s1. The summed E-state index contributed by atoms with van der Waals surface area (Å²) in [5.74, 6) is 0.0884. The first-order chi connectivity index (χ1) is 9.97. The molecule has 1 aliphatic heterocycles. The van der Waals surface area contributed by atoms with Crippen molar-refractivity contribution in [2.24, 2.45) is 5.92 Å². The average Bonchev–Trinajstić information content (AvgIpc) is 3.04. The van der Waals surface area contributed by atoms with E-state index >= 15 is 0 Å². The number of carbonyl (C=O) groups is 2. The maximum absolute atomic E-state index is 12.3. The number of thiazole rings is 1. The van der Waals surface area contributed by atoms with E-state index in [1.807, 2.05) is 26.2 Å². The first kappa shape index (κ1) is 15.8. The fourth-order valence-corrected chi connectivity index (χ4v) is 2.87. The number of rotatable bonds is 4. The molecule has 21 heavy (non-hydrogen) atoms. The Morgan fingerprint density at radius 1 is 1.57 bits per heavy atom. The molecule has 0 unspecified atom stereocenters. The number of ether oxygens (including phenoxy) is 1. The van der Waals surface area contributed by atoms with Crippen molar-refractivity contribution in [1.29, 1.82) is 0 Å². The molecule has 6 nitrogen and oxygen atoms in total. The number of hydrogen-bond acceptors (Lipinski definition) is 5. The second-order valence-corrected chi connectivity index (χ2v) is 6.46. The molecule has 1 saturated heterocycles. The number of likely N-dealkylation sites (tertiary alicyclic amines) is 1. The number of nitrogens with one attached hydrogen (secondary N) is 1. The minimum atomic E-state index is -0.464. The molecule has 2 amide bonds. The predicted octanol–water partition coefficient (Wildman–Crippen LogP) is 2.65. The molecule has 1 aromatic heterocycles. The molecule has 0 aromatic carbocycles. The second kappa shape index (κ2) is 6.89. The molecular formula is C14H21N3O3S. The van der Waals surface area contributed by atoms with Crippen LogP contribution in [0.5, 0.6) is 0 Å². The summed E-state index contributed by atoms with van der Waals surface area (Å²) in [6.45, 7) is 6.76. The topological polar surface area (TPSA) is 71.5 Å². The van der Waals surface area contributed by atoms with Crippen LogP contribution >= 0.6 is 11.3 Å². The van der Waals surface area contributed by atoms with Gasteiger partial charge in [0.2, 0.25) is 5.91 Å². The van der Waals surface area contributed by atoms with Gasteiger partial charge in [-0.25, -0.2) is 9.78 Å². The smallest absolute Gasteiger partial charge is 0.410 e. The molecule has 0 bridgehead atoms. The molecule has 0 radical (unpaired) electrons. The molecule has 1 atom stereocenters. The summed E-state index contributed by atoms with van der Waals surface area (Å²) in [6.07, 6.45) is 1.07. The van der Waals surface area contributed by atoms with Crippen LogP contribution in [0.3, 0.4) is 0 Å². The monoisotopic (exact) mass is 311 g/mol. The molecule has 0 spiro atoms. The van der Waals surface area contributed by atoms with Crippen LogP contribution in [-0.2, 0) is 9.53 Å². The molecule has 7 heteroatoms. The number of aromatic nitrogens is 1. The van der Waals surface area contributed by atoms with Gasteiger partial charge in [-0.05, 0) is 25.7 Å². The van der Waals surface area contributed by atoms with Crippen molar-refractivity contribution in [1.82, 2.24) is 9.88 Å². The first-order valence-corrected chi connectivity index (χ1v) is 8.01. The van der Waals surface area contributed by atoms with Gasteiger partial charge in [0.15, 0.2) is 5.13 Å². The predicted molar refractivity (Wildman–Crippen MR) is 81.4 cm³/mol. The third-order valence-electron chi connectivity index (χ3n) is 3.18. The highest BCUT2D eigenvalue weighted by molar-refractivity contribution is 7.13. The Bertz CT molecular complexity index is 515. The second-order valence-electron chi connectivity index (χ2n) is 5.61. The molecule has 1 aromatic rings. The maximum Gasteiger partial charge on any atom is 0.410 e. The zero-order valence-corrected chi connectivity index (χ0v) is 13.4. The molecule has 2 heterocycles. The average molecular weight is 311 g/mol. The van der Waals surface area contributed by atoms with Crippen LogP contribution in [0.2, 0.25) is 0 Å². The lowest BCUT2D eigenvalue weighted by Crippen LogP contribution is -2.43. The van der Waals surface area contributed by atoms with Crippen LogP contribution in [0.1, 0.15) is 32.4 Å². The third-order valence-corrected chi connectivity index (χ3v) is 4.05. The van der Waals surface area contributed by atoms with Crippen LogP contribution in [-0.4, -0.2) is 41.1 Å². The number of hydrogen-bond donors (Lipinski definition) is 1. The van der Waals surface area contributed by atoms with Gasteiger partial charge in [0.05, 0.1) is 12.3 Å². The number of anilines is 1. The largest absolute Gasteiger partial charge is 0.449 e. The van der Waals surface area contributed by atoms with Gasteiger partial charge in [-0.15, -0.1) is 11.3 Å². The Hall–Kier alpha value is -1.63. The molecule has 1 aliphatic rings. The van der Waals surface area contributed by atoms with Crippen molar-refractivity contribution in [2.45, 2.75) is 39.7 Å². The lowest BCUT2D eigenvalue weighted by atomic mass is 10.2. The van der Waals surface area contributed by atoms with Gasteiger partial charge in [-0.3, -0.25) is 9.69 Å². The van der Waals surface area contributed by atoms with Crippen LogP contribution in [0.4, 0.5) is 9.93 Å². The van der Waals surface area contributed by atoms with E-state index in [1.165, 1.54) is 16.2 Å². The van der Waals surface area contributed by atoms with E-state index in [0.717, 1.165) is 12.1 Å². The van der Waals surface area contributed by atoms with Crippen LogP contribution < -0.4 is 5.32 Å². The minimum absolute atomic E-state index is 0.191. The van der Waals surface area contributed by atoms with Gasteiger partial charge < -0.3 is 10.1 Å². The van der Waals surface area contributed by atoms with Crippen LogP contribution in [0, 0.1) is 12.8 Å². The summed E-state index contributed by atoms with van der Waals surface area (Å²) in [7, 11) is 0. The quantitative estimate of drug-likeness (QED) is 0.928. The summed E-state index contributed by atoms with van der Waals surface area (Å²) in [5.41, 5.74) is 0.870. The number of nitrogens with zero attached hydrogens (tertiary/aromatic N) is 2. The highest BCUT2D eigenvalue weighted by Crippen LogP contribution is 2.21. The van der Waals surface area contributed by atoms with Gasteiger partial charge in [0.25, 0.3) is 0 Å². The number of amides is 2. The first-order valence-electron chi connectivity index (χ1n) is 7.13. The molecule has 0 saturated carbocycles. The lowest BCUT2D eigenvalue weighted by Gasteiger charge is -2.23. The van der Waals surface area contributed by atoms with Crippen molar-refractivity contribution in [3.05, 3.63) is 11.1 Å². The summed E-state index contributed by atoms with van der Waals surface area (Å²) in [5, 5.41) is 5.22. The Morgan fingerprint density at radius 3 is 2.95 bits per heavy atom. The van der Waals surface area contributed by atoms with Crippen molar-refractivity contribution in [3.63, 3.8) is 0 Å². The molecule has 1 fully saturated rings. The van der Waals surface area contributed by atoms with E-state index in [1.54, 1.807) is 0 Å². The zero-order chi connectivity index (χ0) is 15.4. The van der Waals surface area contributed by atoms with Gasteiger partial charge in [-0.1, -0.05) is 13.8 Å². The normalized spacial score (nSPS) is 18.1. The van der Waals surface area contributed by atoms with Crippen molar-refractivity contribution in [2.75, 3.05) is 18.5 Å². The van der Waals surface area contributed by atoms with Crippen molar-refractivity contribution < 1.29 is 14.3 Å². The van der Waals surface area contributed by atoms with Crippen LogP contribution in [0.15, 0.2) is 5.38 Å². The fourth-order valence-electron chi connectivity index (χ4n) is 2.18. The van der Waals surface area contributed by atoms with E-state index in [-0.39, 0.29) is 11.8 Å². The molecule has 0 aliphatic carbocycles. The SMILES string of the molecule is Cc1csc(NC(=O)[C@H]2CCCN2C(=O)OCC(C)C)n1. The number of aryl methyl sites for hydroxylation is 1. The van der Waals surface area contributed by atoms with Crippen LogP contribution in [0.25, 0.3) is 0 Å². The highest BCUT2D eigenvalue weighted by Gasteiger charge is 2.35. The van der Waals surface area contributed by atoms with E-state index in [0.29, 0.717) is 24.7 Å². The van der Waals surface area contributed by atoms with Crippen molar-refractivity contribution >= 4 is 28.5 Å². The fraction of sp³-hybridized carbons (Fsp3) is 0.643. The van der Waals surface area contributed by atoms with E-state index in [9.17, 15) is 9.59 Å². The Morgan fingerprint density at radius 2 is 2.33 bits per heavy atom. The summed E-state index contributed by atoms with van der Waals surface area (Å²) in [4.78, 5) is 30.0. The zero-order valence-electron chi connectivity index (χ0n) is 12.6. The summed E-state index contributed by atoms with van der Waals surface area (Å²) < 4.78 is 5.22. The summed E-state index contributed by atoms with van der Waals surface area (Å²) in [6, 6.07) is -0.464. The van der Waals surface area contributed by atoms with Gasteiger partial charge in [-0.2, -0.15) is 0 Å². The van der Waals surface area contributed by atoms with E-state index in [4.69, 9.17) is 4.74 Å². The molecule has 2 rings (SSSR count). The van der Waals surface area contributed by atoms with Crippen molar-refractivity contribution in [3.8, 4) is 0 Å². The Kier molecular flexibility index (Phi) is 5.17. The molecule has 1 N–H and O–H groups in total. The number of carbonyl (C=O) groups excluding carboxylic acids is 2. The van der Waals surface area contributed by atoms with Gasteiger partial charge in [0.1, 0.15) is 6.04 Å². The molecular weight excluding hydrogens is 290 g/mol. The minimum Gasteiger partial charge on any atom is -0.449 e. The lowest BCUT2D eigenvalue weighted by molar-refractivity contribution is -0.120. The Labute approximate surface area is 128 Å².